The first-order valence-corrected chi connectivity index (χ1v) is 6.75. The zero-order valence-corrected chi connectivity index (χ0v) is 11.4. The topological polar surface area (TPSA) is 49.5 Å². The molecule has 0 heterocycles. The Morgan fingerprint density at radius 1 is 1.22 bits per heavy atom. The van der Waals surface area contributed by atoms with Gasteiger partial charge in [-0.2, -0.15) is 0 Å². The van der Waals surface area contributed by atoms with Gasteiger partial charge in [0.2, 0.25) is 0 Å². The number of aromatic hydroxyl groups is 1. The van der Waals surface area contributed by atoms with Crippen molar-refractivity contribution < 1.29 is 5.11 Å². The van der Waals surface area contributed by atoms with E-state index < -0.39 is 0 Å². The Kier molecular flexibility index (Phi) is 3.93. The predicted molar refractivity (Wildman–Crippen MR) is 74.7 cm³/mol. The van der Waals surface area contributed by atoms with Crippen LogP contribution < -0.4 is 5.73 Å². The van der Waals surface area contributed by atoms with Gasteiger partial charge in [-0.15, -0.1) is 0 Å². The highest BCUT2D eigenvalue weighted by Gasteiger charge is 2.41. The van der Waals surface area contributed by atoms with Gasteiger partial charge in [-0.25, -0.2) is 0 Å². The van der Waals surface area contributed by atoms with E-state index in [1.54, 1.807) is 12.1 Å². The van der Waals surface area contributed by atoms with E-state index in [0.717, 1.165) is 6.42 Å². The molecule has 1 atom stereocenters. The smallest absolute Gasteiger partial charge is 0.115 e. The highest BCUT2D eigenvalue weighted by molar-refractivity contribution is 5.27. The fourth-order valence-electron chi connectivity index (χ4n) is 3.21. The summed E-state index contributed by atoms with van der Waals surface area (Å²) in [7, 11) is 4.28. The Morgan fingerprint density at radius 2 is 1.78 bits per heavy atom. The summed E-state index contributed by atoms with van der Waals surface area (Å²) in [5.74, 6) is 0.315. The monoisotopic (exact) mass is 248 g/mol. The Bertz CT molecular complexity index is 380. The molecule has 1 aliphatic carbocycles. The molecule has 1 unspecified atom stereocenters. The van der Waals surface area contributed by atoms with Crippen molar-refractivity contribution in [2.75, 3.05) is 14.1 Å². The maximum atomic E-state index is 9.30. The largest absolute Gasteiger partial charge is 0.508 e. The van der Waals surface area contributed by atoms with Gasteiger partial charge < -0.3 is 15.7 Å². The van der Waals surface area contributed by atoms with E-state index in [9.17, 15) is 5.11 Å². The number of phenolic OH excluding ortho intramolecular Hbond substituents is 1. The highest BCUT2D eigenvalue weighted by Crippen LogP contribution is 2.37. The van der Waals surface area contributed by atoms with Crippen LogP contribution in [-0.4, -0.2) is 35.7 Å². The fourth-order valence-corrected chi connectivity index (χ4v) is 3.21. The van der Waals surface area contributed by atoms with E-state index in [2.05, 4.69) is 19.0 Å². The minimum Gasteiger partial charge on any atom is -0.508 e. The van der Waals surface area contributed by atoms with Gasteiger partial charge in [0.25, 0.3) is 0 Å². The number of hydrogen-bond donors (Lipinski definition) is 2. The van der Waals surface area contributed by atoms with Crippen molar-refractivity contribution in [1.29, 1.82) is 0 Å². The lowest BCUT2D eigenvalue weighted by molar-refractivity contribution is 0.123. The van der Waals surface area contributed by atoms with Gasteiger partial charge in [-0.05, 0) is 51.1 Å². The van der Waals surface area contributed by atoms with E-state index in [1.807, 2.05) is 12.1 Å². The molecule has 18 heavy (non-hydrogen) atoms. The van der Waals surface area contributed by atoms with Crippen LogP contribution in [0.25, 0.3) is 0 Å². The molecule has 2 rings (SSSR count). The van der Waals surface area contributed by atoms with Gasteiger partial charge in [0.1, 0.15) is 5.75 Å². The van der Waals surface area contributed by atoms with Crippen LogP contribution in [0, 0.1) is 0 Å². The number of likely N-dealkylation sites (N-methyl/N-ethyl adjacent to an activating group) is 1. The van der Waals surface area contributed by atoms with Gasteiger partial charge >= 0.3 is 0 Å². The van der Waals surface area contributed by atoms with Crippen LogP contribution in [0.15, 0.2) is 24.3 Å². The first-order chi connectivity index (χ1) is 8.54. The van der Waals surface area contributed by atoms with Crippen molar-refractivity contribution >= 4 is 0 Å². The van der Waals surface area contributed by atoms with Crippen molar-refractivity contribution in [2.45, 2.75) is 43.7 Å². The minimum absolute atomic E-state index is 0.151. The normalized spacial score (nSPS) is 20.2. The summed E-state index contributed by atoms with van der Waals surface area (Å²) in [6, 6.07) is 7.55. The molecule has 1 saturated carbocycles. The van der Waals surface area contributed by atoms with Crippen LogP contribution in [0.5, 0.6) is 5.75 Å². The van der Waals surface area contributed by atoms with Gasteiger partial charge in [0.05, 0.1) is 0 Å². The zero-order chi connectivity index (χ0) is 13.2. The summed E-state index contributed by atoms with van der Waals surface area (Å²) in [5.41, 5.74) is 7.83. The second-order valence-electron chi connectivity index (χ2n) is 5.68. The molecule has 100 valence electrons. The van der Waals surface area contributed by atoms with Crippen LogP contribution in [-0.2, 0) is 6.42 Å². The maximum Gasteiger partial charge on any atom is 0.115 e. The molecule has 0 bridgehead atoms. The van der Waals surface area contributed by atoms with E-state index >= 15 is 0 Å². The Balaban J connectivity index is 2.10. The maximum absolute atomic E-state index is 9.30. The van der Waals surface area contributed by atoms with Crippen molar-refractivity contribution in [2.24, 2.45) is 5.73 Å². The molecule has 1 aromatic rings. The van der Waals surface area contributed by atoms with Crippen LogP contribution >= 0.6 is 0 Å². The molecule has 3 heteroatoms. The third kappa shape index (κ3) is 2.52. The lowest BCUT2D eigenvalue weighted by Crippen LogP contribution is -2.56. The average Bonchev–Trinajstić information content (AvgIpc) is 2.82. The molecule has 0 aliphatic heterocycles. The molecular formula is C15H24N2O. The Hall–Kier alpha value is -1.06. The molecular weight excluding hydrogens is 224 g/mol. The van der Waals surface area contributed by atoms with Crippen LogP contribution in [0.3, 0.4) is 0 Å². The van der Waals surface area contributed by atoms with E-state index in [0.29, 0.717) is 5.75 Å². The molecule has 0 radical (unpaired) electrons. The van der Waals surface area contributed by atoms with E-state index in [-0.39, 0.29) is 11.6 Å². The molecule has 1 aromatic carbocycles. The lowest BCUT2D eigenvalue weighted by Gasteiger charge is -2.41. The molecule has 0 spiro atoms. The summed E-state index contributed by atoms with van der Waals surface area (Å²) in [6.45, 7) is 0. The number of phenols is 1. The molecule has 1 fully saturated rings. The molecule has 0 aromatic heterocycles. The third-order valence-corrected chi connectivity index (χ3v) is 4.44. The van der Waals surface area contributed by atoms with Gasteiger partial charge in [-0.1, -0.05) is 25.0 Å². The van der Waals surface area contributed by atoms with Crippen LogP contribution in [0.4, 0.5) is 0 Å². The number of nitrogens with two attached hydrogens (primary N) is 1. The fraction of sp³-hybridized carbons (Fsp3) is 0.600. The summed E-state index contributed by atoms with van der Waals surface area (Å²) in [4.78, 5) is 2.31. The number of nitrogens with zero attached hydrogens (tertiary/aromatic N) is 1. The summed E-state index contributed by atoms with van der Waals surface area (Å²) < 4.78 is 0. The molecule has 0 saturated heterocycles. The van der Waals surface area contributed by atoms with E-state index in [1.165, 1.54) is 31.2 Å². The molecule has 0 amide bonds. The first kappa shape index (κ1) is 13.4. The number of benzene rings is 1. The zero-order valence-electron chi connectivity index (χ0n) is 11.4. The number of hydrogen-bond acceptors (Lipinski definition) is 3. The summed E-state index contributed by atoms with van der Waals surface area (Å²) in [6.07, 6.45) is 5.82. The highest BCUT2D eigenvalue weighted by atomic mass is 16.3. The molecule has 1 aliphatic rings. The van der Waals surface area contributed by atoms with Gasteiger partial charge in [0, 0.05) is 11.6 Å². The minimum atomic E-state index is 0.151. The Labute approximate surface area is 110 Å². The molecule has 3 N–H and O–H groups in total. The summed E-state index contributed by atoms with van der Waals surface area (Å²) >= 11 is 0. The second-order valence-corrected chi connectivity index (χ2v) is 5.68. The van der Waals surface area contributed by atoms with Crippen molar-refractivity contribution in [3.05, 3.63) is 29.8 Å². The third-order valence-electron chi connectivity index (χ3n) is 4.44. The van der Waals surface area contributed by atoms with Crippen molar-refractivity contribution in [3.8, 4) is 5.75 Å². The van der Waals surface area contributed by atoms with Crippen LogP contribution in [0.1, 0.15) is 31.2 Å². The first-order valence-electron chi connectivity index (χ1n) is 6.75. The standard InChI is InChI=1S/C15H24N2O/c1-17(2)15(9-3-4-10-15)14(16)11-12-5-7-13(18)8-6-12/h5-8,14,18H,3-4,9-11,16H2,1-2H3. The van der Waals surface area contributed by atoms with E-state index in [4.69, 9.17) is 5.73 Å². The van der Waals surface area contributed by atoms with Gasteiger partial charge in [0.15, 0.2) is 0 Å². The average molecular weight is 248 g/mol. The molecule has 3 nitrogen and oxygen atoms in total. The SMILES string of the molecule is CN(C)C1(C(N)Cc2ccc(O)cc2)CCCC1. The second kappa shape index (κ2) is 5.29. The van der Waals surface area contributed by atoms with Gasteiger partial charge in [-0.3, -0.25) is 0 Å². The van der Waals surface area contributed by atoms with Crippen molar-refractivity contribution in [1.82, 2.24) is 4.90 Å². The lowest BCUT2D eigenvalue weighted by atomic mass is 9.84. The number of rotatable bonds is 4. The predicted octanol–water partition coefficient (Wildman–Crippen LogP) is 2.14. The quantitative estimate of drug-likeness (QED) is 0.858. The van der Waals surface area contributed by atoms with Crippen molar-refractivity contribution in [3.63, 3.8) is 0 Å². The summed E-state index contributed by atoms with van der Waals surface area (Å²) in [5, 5.41) is 9.30. The van der Waals surface area contributed by atoms with Crippen LogP contribution in [0.2, 0.25) is 0 Å². The Morgan fingerprint density at radius 3 is 2.28 bits per heavy atom.